The molecule has 0 aliphatic carbocycles. The highest BCUT2D eigenvalue weighted by Crippen LogP contribution is 2.13. The van der Waals surface area contributed by atoms with E-state index < -0.39 is 10.0 Å². The van der Waals surface area contributed by atoms with Crippen LogP contribution in [0.4, 0.5) is 0 Å². The smallest absolute Gasteiger partial charge is 0.267 e. The van der Waals surface area contributed by atoms with Crippen LogP contribution in [0.3, 0.4) is 0 Å². The van der Waals surface area contributed by atoms with Crippen molar-refractivity contribution in [1.29, 1.82) is 0 Å². The molecule has 0 aliphatic heterocycles. The maximum Gasteiger partial charge on any atom is 0.267 e. The zero-order chi connectivity index (χ0) is 17.8. The number of hydrogen-bond donors (Lipinski definition) is 2. The van der Waals surface area contributed by atoms with Crippen molar-refractivity contribution >= 4 is 15.9 Å². The Morgan fingerprint density at radius 2 is 1.83 bits per heavy atom. The van der Waals surface area contributed by atoms with Gasteiger partial charge in [-0.25, -0.2) is 13.1 Å². The molecule has 1 aromatic rings. The summed E-state index contributed by atoms with van der Waals surface area (Å²) in [5.41, 5.74) is 0.319. The number of sulfonamides is 1. The van der Waals surface area contributed by atoms with Crippen molar-refractivity contribution in [2.24, 2.45) is 7.05 Å². The molecule has 0 aliphatic rings. The summed E-state index contributed by atoms with van der Waals surface area (Å²) >= 11 is 0. The number of carbonyl (C=O) groups excluding carboxylic acids is 1. The molecule has 0 spiro atoms. The molecule has 7 nitrogen and oxygen atoms in total. The molecule has 0 aromatic carbocycles. The summed E-state index contributed by atoms with van der Waals surface area (Å²) < 4.78 is 27.3. The highest BCUT2D eigenvalue weighted by atomic mass is 32.2. The number of carbonyl (C=O) groups is 1. The quantitative estimate of drug-likeness (QED) is 0.730. The van der Waals surface area contributed by atoms with Crippen LogP contribution in [-0.4, -0.2) is 56.0 Å². The third kappa shape index (κ3) is 5.05. The van der Waals surface area contributed by atoms with Crippen LogP contribution >= 0.6 is 0 Å². The molecule has 0 saturated heterocycles. The molecule has 1 heterocycles. The minimum Gasteiger partial charge on any atom is -0.349 e. The summed E-state index contributed by atoms with van der Waals surface area (Å²) in [5, 5.41) is 2.85. The summed E-state index contributed by atoms with van der Waals surface area (Å²) in [6, 6.07) is 2.17. The third-order valence-corrected chi connectivity index (χ3v) is 5.15. The molecule has 0 unspecified atom stereocenters. The lowest BCUT2D eigenvalue weighted by Gasteiger charge is -2.30. The molecule has 0 fully saturated rings. The van der Waals surface area contributed by atoms with Crippen LogP contribution in [0.15, 0.2) is 17.2 Å². The lowest BCUT2D eigenvalue weighted by Crippen LogP contribution is -2.42. The van der Waals surface area contributed by atoms with Gasteiger partial charge in [0.2, 0.25) is 10.0 Å². The van der Waals surface area contributed by atoms with E-state index in [1.807, 2.05) is 0 Å². The van der Waals surface area contributed by atoms with Gasteiger partial charge < -0.3 is 9.88 Å². The molecule has 0 bridgehead atoms. The minimum absolute atomic E-state index is 0.0821. The largest absolute Gasteiger partial charge is 0.349 e. The fourth-order valence-corrected chi connectivity index (χ4v) is 3.33. The van der Waals surface area contributed by atoms with Gasteiger partial charge in [0.25, 0.3) is 5.91 Å². The van der Waals surface area contributed by atoms with Crippen LogP contribution in [0.2, 0.25) is 0 Å². The van der Waals surface area contributed by atoms with E-state index in [-0.39, 0.29) is 10.8 Å². The van der Waals surface area contributed by atoms with E-state index in [2.05, 4.69) is 42.6 Å². The number of aromatic nitrogens is 1. The van der Waals surface area contributed by atoms with Crippen molar-refractivity contribution < 1.29 is 13.2 Å². The molecule has 2 N–H and O–H groups in total. The normalized spacial score (nSPS) is 12.4. The van der Waals surface area contributed by atoms with Crippen LogP contribution in [0.1, 0.15) is 38.2 Å². The SMILES string of the molecule is CNS(=O)(=O)c1cc(C(=O)NCCN(C(C)C)C(C)C)n(C)c1. The Morgan fingerprint density at radius 1 is 1.26 bits per heavy atom. The fourth-order valence-electron chi connectivity index (χ4n) is 2.53. The van der Waals surface area contributed by atoms with Gasteiger partial charge >= 0.3 is 0 Å². The van der Waals surface area contributed by atoms with Crippen molar-refractivity contribution in [2.45, 2.75) is 44.7 Å². The predicted molar refractivity (Wildman–Crippen MR) is 91.0 cm³/mol. The van der Waals surface area contributed by atoms with Crippen molar-refractivity contribution in [2.75, 3.05) is 20.1 Å². The minimum atomic E-state index is -3.55. The highest BCUT2D eigenvalue weighted by Gasteiger charge is 2.19. The average Bonchev–Trinajstić information content (AvgIpc) is 2.85. The van der Waals surface area contributed by atoms with Gasteiger partial charge in [-0.05, 0) is 40.8 Å². The summed E-state index contributed by atoms with van der Waals surface area (Å²) in [5.74, 6) is -0.280. The van der Waals surface area contributed by atoms with E-state index in [0.717, 1.165) is 6.54 Å². The molecule has 1 amide bonds. The summed E-state index contributed by atoms with van der Waals surface area (Å²) in [4.78, 5) is 14.6. The molecule has 0 atom stereocenters. The standard InChI is InChI=1S/C15H28N4O3S/c1-11(2)19(12(3)4)8-7-17-15(20)14-9-13(10-18(14)6)23(21,22)16-5/h9-12,16H,7-8H2,1-6H3,(H,17,20). The van der Waals surface area contributed by atoms with Gasteiger partial charge in [0.05, 0.1) is 0 Å². The monoisotopic (exact) mass is 344 g/mol. The number of nitrogens with one attached hydrogen (secondary N) is 2. The van der Waals surface area contributed by atoms with Crippen molar-refractivity contribution in [3.8, 4) is 0 Å². The van der Waals surface area contributed by atoms with Gasteiger partial charge in [-0.2, -0.15) is 0 Å². The van der Waals surface area contributed by atoms with Crippen LogP contribution in [0, 0.1) is 0 Å². The molecular formula is C15H28N4O3S. The third-order valence-electron chi connectivity index (χ3n) is 3.77. The Balaban J connectivity index is 2.73. The number of aryl methyl sites for hydroxylation is 1. The predicted octanol–water partition coefficient (Wildman–Crippen LogP) is 0.782. The van der Waals surface area contributed by atoms with E-state index in [9.17, 15) is 13.2 Å². The summed E-state index contributed by atoms with van der Waals surface area (Å²) in [7, 11) is -0.556. The first kappa shape index (κ1) is 19.7. The zero-order valence-corrected chi connectivity index (χ0v) is 15.6. The molecule has 23 heavy (non-hydrogen) atoms. The van der Waals surface area contributed by atoms with Crippen molar-refractivity contribution in [3.05, 3.63) is 18.0 Å². The molecule has 0 saturated carbocycles. The maximum atomic E-state index is 12.2. The first-order valence-corrected chi connectivity index (χ1v) is 9.22. The zero-order valence-electron chi connectivity index (χ0n) is 14.8. The lowest BCUT2D eigenvalue weighted by atomic mass is 10.2. The molecule has 132 valence electrons. The van der Waals surface area contributed by atoms with Crippen LogP contribution in [-0.2, 0) is 17.1 Å². The number of nitrogens with zero attached hydrogens (tertiary/aromatic N) is 2. The second kappa shape index (κ2) is 7.94. The van der Waals surface area contributed by atoms with Gasteiger partial charge in [0.1, 0.15) is 10.6 Å². The van der Waals surface area contributed by atoms with Crippen LogP contribution in [0.5, 0.6) is 0 Å². The molecule has 0 radical (unpaired) electrons. The summed E-state index contributed by atoms with van der Waals surface area (Å²) in [6.45, 7) is 9.73. The van der Waals surface area contributed by atoms with E-state index in [4.69, 9.17) is 0 Å². The van der Waals surface area contributed by atoms with Gasteiger partial charge in [-0.3, -0.25) is 9.69 Å². The van der Waals surface area contributed by atoms with Gasteiger partial charge in [-0.15, -0.1) is 0 Å². The Kier molecular flexibility index (Phi) is 6.79. The van der Waals surface area contributed by atoms with Crippen LogP contribution in [0.25, 0.3) is 0 Å². The van der Waals surface area contributed by atoms with E-state index in [1.54, 1.807) is 7.05 Å². The highest BCUT2D eigenvalue weighted by molar-refractivity contribution is 7.89. The summed E-state index contributed by atoms with van der Waals surface area (Å²) in [6.07, 6.45) is 1.43. The van der Waals surface area contributed by atoms with E-state index >= 15 is 0 Å². The molecule has 8 heteroatoms. The van der Waals surface area contributed by atoms with Gasteiger partial charge in [0.15, 0.2) is 0 Å². The molecule has 1 rings (SSSR count). The second-order valence-electron chi connectivity index (χ2n) is 6.06. The van der Waals surface area contributed by atoms with Gasteiger partial charge in [0, 0.05) is 38.4 Å². The Bertz CT molecular complexity index is 627. The maximum absolute atomic E-state index is 12.2. The first-order valence-electron chi connectivity index (χ1n) is 7.74. The molecular weight excluding hydrogens is 316 g/mol. The topological polar surface area (TPSA) is 83.4 Å². The van der Waals surface area contributed by atoms with E-state index in [1.165, 1.54) is 23.9 Å². The number of amides is 1. The average molecular weight is 344 g/mol. The second-order valence-corrected chi connectivity index (χ2v) is 7.95. The first-order chi connectivity index (χ1) is 10.6. The Labute approximate surface area is 139 Å². The van der Waals surface area contributed by atoms with Crippen molar-refractivity contribution in [1.82, 2.24) is 19.5 Å². The fraction of sp³-hybridized carbons (Fsp3) is 0.667. The Morgan fingerprint density at radius 3 is 2.30 bits per heavy atom. The van der Waals surface area contributed by atoms with Crippen LogP contribution < -0.4 is 10.0 Å². The van der Waals surface area contributed by atoms with Crippen molar-refractivity contribution in [3.63, 3.8) is 0 Å². The number of rotatable bonds is 8. The number of hydrogen-bond acceptors (Lipinski definition) is 4. The molecule has 1 aromatic heterocycles. The van der Waals surface area contributed by atoms with Gasteiger partial charge in [-0.1, -0.05) is 0 Å². The Hall–Kier alpha value is -1.38. The van der Waals surface area contributed by atoms with E-state index in [0.29, 0.717) is 24.3 Å². The lowest BCUT2D eigenvalue weighted by molar-refractivity contribution is 0.0931.